The van der Waals surface area contributed by atoms with Crippen LogP contribution < -0.4 is 0 Å². The highest BCUT2D eigenvalue weighted by Gasteiger charge is 1.97. The highest BCUT2D eigenvalue weighted by Crippen LogP contribution is 2.10. The van der Waals surface area contributed by atoms with Crippen LogP contribution in [0.4, 0.5) is 0 Å². The fourth-order valence-corrected chi connectivity index (χ4v) is 0.898. The number of nitroso groups, excluding NO2 is 1. The van der Waals surface area contributed by atoms with E-state index < -0.39 is 0 Å². The molecular weight excluding hydrogens is 170 g/mol. The van der Waals surface area contributed by atoms with Crippen LogP contribution in [0.2, 0.25) is 0 Å². The molecule has 0 rings (SSSR count). The molecule has 12 heavy (non-hydrogen) atoms. The molecule has 0 heterocycles. The molecule has 0 aliphatic rings. The Morgan fingerprint density at radius 2 is 2.17 bits per heavy atom. The van der Waals surface area contributed by atoms with Crippen molar-refractivity contribution in [2.75, 3.05) is 5.75 Å². The fraction of sp³-hybridized carbons (Fsp3) is 0.111. The quantitative estimate of drug-likeness (QED) is 0.394. The summed E-state index contributed by atoms with van der Waals surface area (Å²) in [4.78, 5) is 10.2. The Balaban J connectivity index is 4.80. The molecule has 0 amide bonds. The Bertz CT molecular complexity index is 231. The minimum Gasteiger partial charge on any atom is -0.174 e. The van der Waals surface area contributed by atoms with E-state index in [2.05, 4.69) is 31.0 Å². The van der Waals surface area contributed by atoms with Crippen molar-refractivity contribution in [3.8, 4) is 0 Å². The summed E-state index contributed by atoms with van der Waals surface area (Å²) in [6.07, 6.45) is 6.49. The van der Waals surface area contributed by atoms with Crippen molar-refractivity contribution >= 4 is 12.6 Å². The van der Waals surface area contributed by atoms with E-state index in [0.717, 1.165) is 5.57 Å². The molecule has 0 aliphatic carbocycles. The highest BCUT2D eigenvalue weighted by molar-refractivity contribution is 7.80. The first-order valence-electron chi connectivity index (χ1n) is 3.39. The van der Waals surface area contributed by atoms with Crippen molar-refractivity contribution in [3.05, 3.63) is 53.6 Å². The topological polar surface area (TPSA) is 29.4 Å². The number of thiol groups is 1. The number of rotatable bonds is 5. The molecular formula is C9H11NOS. The van der Waals surface area contributed by atoms with E-state index in [1.54, 1.807) is 18.2 Å². The molecule has 0 atom stereocenters. The van der Waals surface area contributed by atoms with Crippen LogP contribution in [0.15, 0.2) is 53.9 Å². The number of nitrogens with zero attached hydrogens (tertiary/aromatic N) is 1. The van der Waals surface area contributed by atoms with Gasteiger partial charge in [-0.05, 0) is 16.8 Å². The Morgan fingerprint density at radius 1 is 1.50 bits per heavy atom. The summed E-state index contributed by atoms with van der Waals surface area (Å²) in [5.41, 5.74) is 1.06. The van der Waals surface area contributed by atoms with Crippen molar-refractivity contribution in [1.82, 2.24) is 0 Å². The van der Waals surface area contributed by atoms with Crippen molar-refractivity contribution in [2.24, 2.45) is 5.18 Å². The molecule has 0 N–H and O–H groups in total. The van der Waals surface area contributed by atoms with Crippen molar-refractivity contribution in [1.29, 1.82) is 0 Å². The van der Waals surface area contributed by atoms with Crippen LogP contribution in [0, 0.1) is 4.91 Å². The minimum atomic E-state index is 0.322. The van der Waals surface area contributed by atoms with Gasteiger partial charge in [0.05, 0.1) is 0 Å². The summed E-state index contributed by atoms with van der Waals surface area (Å²) in [5, 5.41) is 2.81. The zero-order valence-corrected chi connectivity index (χ0v) is 7.63. The minimum absolute atomic E-state index is 0.322. The average Bonchev–Trinajstić information content (AvgIpc) is 2.12. The normalized spacial score (nSPS) is 12.4. The lowest BCUT2D eigenvalue weighted by Crippen LogP contribution is -1.84. The molecule has 0 saturated carbocycles. The Labute approximate surface area is 77.8 Å². The van der Waals surface area contributed by atoms with E-state index in [1.165, 1.54) is 6.08 Å². The van der Waals surface area contributed by atoms with Crippen molar-refractivity contribution < 1.29 is 0 Å². The van der Waals surface area contributed by atoms with Gasteiger partial charge in [0.2, 0.25) is 0 Å². The van der Waals surface area contributed by atoms with Crippen LogP contribution in [0.5, 0.6) is 0 Å². The first-order chi connectivity index (χ1) is 5.79. The fourth-order valence-electron chi connectivity index (χ4n) is 0.630. The molecule has 2 nitrogen and oxygen atoms in total. The van der Waals surface area contributed by atoms with Gasteiger partial charge in [-0.25, -0.2) is 0 Å². The van der Waals surface area contributed by atoms with Crippen LogP contribution in [0.1, 0.15) is 0 Å². The van der Waals surface area contributed by atoms with Crippen molar-refractivity contribution in [3.63, 3.8) is 0 Å². The van der Waals surface area contributed by atoms with Gasteiger partial charge < -0.3 is 0 Å². The summed E-state index contributed by atoms with van der Waals surface area (Å²) in [5.74, 6) is 0.456. The summed E-state index contributed by atoms with van der Waals surface area (Å²) in [6.45, 7) is 6.97. The summed E-state index contributed by atoms with van der Waals surface area (Å²) in [6, 6.07) is 0. The molecule has 0 aromatic rings. The van der Waals surface area contributed by atoms with Crippen LogP contribution in [-0.4, -0.2) is 5.75 Å². The van der Waals surface area contributed by atoms with Gasteiger partial charge in [-0.15, -0.1) is 4.91 Å². The molecule has 0 fully saturated rings. The van der Waals surface area contributed by atoms with E-state index in [-0.39, 0.29) is 0 Å². The molecule has 0 unspecified atom stereocenters. The monoisotopic (exact) mass is 181 g/mol. The van der Waals surface area contributed by atoms with Crippen LogP contribution in [0.3, 0.4) is 0 Å². The number of hydrogen-bond donors (Lipinski definition) is 1. The molecule has 64 valence electrons. The molecule has 0 radical (unpaired) electrons. The standard InChI is InChI=1S/C9H11NOS/c1-3-5-6-8(7-12)9(4-2)10-11/h3-6,12H,1-2,7H2/b6-5-,9-8-. The molecule has 0 aliphatic heterocycles. The van der Waals surface area contributed by atoms with Gasteiger partial charge in [0.25, 0.3) is 0 Å². The third kappa shape index (κ3) is 3.34. The van der Waals surface area contributed by atoms with Gasteiger partial charge in [0.15, 0.2) is 0 Å². The van der Waals surface area contributed by atoms with Crippen LogP contribution in [0.25, 0.3) is 0 Å². The van der Waals surface area contributed by atoms with Gasteiger partial charge in [0, 0.05) is 5.75 Å². The maximum atomic E-state index is 10.2. The van der Waals surface area contributed by atoms with E-state index >= 15 is 0 Å². The number of hydrogen-bond acceptors (Lipinski definition) is 3. The van der Waals surface area contributed by atoms with Gasteiger partial charge in [-0.3, -0.25) is 0 Å². The van der Waals surface area contributed by atoms with Gasteiger partial charge in [-0.2, -0.15) is 12.6 Å². The summed E-state index contributed by atoms with van der Waals surface area (Å²) >= 11 is 4.05. The van der Waals surface area contributed by atoms with Gasteiger partial charge in [-0.1, -0.05) is 31.4 Å². The SMILES string of the molecule is C=C/C=C\C(CS)=C(/C=C)N=O. The lowest BCUT2D eigenvalue weighted by molar-refractivity contribution is 1.31. The Kier molecular flexibility index (Phi) is 6.01. The van der Waals surface area contributed by atoms with E-state index in [4.69, 9.17) is 0 Å². The van der Waals surface area contributed by atoms with E-state index in [1.807, 2.05) is 0 Å². The molecule has 0 spiro atoms. The predicted octanol–water partition coefficient (Wildman–Crippen LogP) is 2.86. The summed E-state index contributed by atoms with van der Waals surface area (Å²) < 4.78 is 0. The second kappa shape index (κ2) is 6.61. The van der Waals surface area contributed by atoms with E-state index in [9.17, 15) is 4.91 Å². The third-order valence-electron chi connectivity index (χ3n) is 1.22. The highest BCUT2D eigenvalue weighted by atomic mass is 32.1. The summed E-state index contributed by atoms with van der Waals surface area (Å²) in [7, 11) is 0. The van der Waals surface area contributed by atoms with E-state index in [0.29, 0.717) is 11.4 Å². The maximum Gasteiger partial charge on any atom is 0.111 e. The van der Waals surface area contributed by atoms with Crippen molar-refractivity contribution in [2.45, 2.75) is 0 Å². The molecule has 3 heteroatoms. The first kappa shape index (κ1) is 10.9. The van der Waals surface area contributed by atoms with Gasteiger partial charge >= 0.3 is 0 Å². The maximum absolute atomic E-state index is 10.2. The zero-order chi connectivity index (χ0) is 9.40. The smallest absolute Gasteiger partial charge is 0.111 e. The molecule has 0 aromatic carbocycles. The first-order valence-corrected chi connectivity index (χ1v) is 4.02. The Hall–Kier alpha value is -1.09. The molecule has 0 bridgehead atoms. The third-order valence-corrected chi connectivity index (χ3v) is 1.57. The average molecular weight is 181 g/mol. The largest absolute Gasteiger partial charge is 0.174 e. The number of allylic oxidation sites excluding steroid dienone is 4. The van der Waals surface area contributed by atoms with Gasteiger partial charge in [0.1, 0.15) is 5.70 Å². The lowest BCUT2D eigenvalue weighted by atomic mass is 10.2. The molecule has 0 aromatic heterocycles. The van der Waals surface area contributed by atoms with Crippen LogP contribution in [-0.2, 0) is 0 Å². The zero-order valence-electron chi connectivity index (χ0n) is 6.73. The Morgan fingerprint density at radius 3 is 2.50 bits per heavy atom. The second-order valence-corrected chi connectivity index (χ2v) is 2.28. The van der Waals surface area contributed by atoms with Crippen LogP contribution >= 0.6 is 12.6 Å². The second-order valence-electron chi connectivity index (χ2n) is 1.96. The lowest BCUT2D eigenvalue weighted by Gasteiger charge is -1.96. The molecule has 0 saturated heterocycles. The predicted molar refractivity (Wildman–Crippen MR) is 56.2 cm³/mol.